The predicted octanol–water partition coefficient (Wildman–Crippen LogP) is 13.6. The number of fused-ring (bicyclic) bond motifs is 3. The van der Waals surface area contributed by atoms with Gasteiger partial charge in [-0.05, 0) is 77.7 Å². The first-order valence-electron chi connectivity index (χ1n) is 18.3. The van der Waals surface area contributed by atoms with E-state index in [4.69, 9.17) is 15.0 Å². The van der Waals surface area contributed by atoms with Gasteiger partial charge in [0.05, 0.1) is 22.2 Å². The van der Waals surface area contributed by atoms with Crippen molar-refractivity contribution in [2.45, 2.75) is 19.3 Å². The second-order valence-corrected chi connectivity index (χ2v) is 14.0. The number of aromatic nitrogens is 4. The summed E-state index contributed by atoms with van der Waals surface area (Å²) in [6, 6.07) is 46.8. The minimum Gasteiger partial charge on any atom is -0.309 e. The number of nitrogens with zero attached hydrogens (tertiary/aromatic N) is 4. The van der Waals surface area contributed by atoms with E-state index in [1.165, 1.54) is 0 Å². The van der Waals surface area contributed by atoms with E-state index >= 15 is 0 Å². The number of halogens is 6. The van der Waals surface area contributed by atoms with Crippen molar-refractivity contribution in [1.29, 1.82) is 0 Å². The quantitative estimate of drug-likeness (QED) is 0.158. The summed E-state index contributed by atoms with van der Waals surface area (Å²) in [5.41, 5.74) is 3.57. The van der Waals surface area contributed by atoms with E-state index in [1.807, 2.05) is 139 Å². The minimum absolute atomic E-state index is 0.0685. The second kappa shape index (κ2) is 14.1. The maximum absolute atomic E-state index is 14.4. The monoisotopic (exact) mass is 776 g/mol. The molecule has 0 aliphatic carbocycles. The molecular formula is C48H30F6N4. The van der Waals surface area contributed by atoms with E-state index in [2.05, 4.69) is 0 Å². The minimum atomic E-state index is -5.07. The molecule has 10 heteroatoms. The van der Waals surface area contributed by atoms with Crippen LogP contribution in [0.15, 0.2) is 164 Å². The van der Waals surface area contributed by atoms with Crippen LogP contribution in [-0.4, -0.2) is 19.5 Å². The van der Waals surface area contributed by atoms with Gasteiger partial charge in [0.1, 0.15) is 0 Å². The van der Waals surface area contributed by atoms with E-state index in [-0.39, 0.29) is 40.2 Å². The molecule has 0 saturated carbocycles. The molecule has 2 aromatic heterocycles. The van der Waals surface area contributed by atoms with Crippen molar-refractivity contribution in [1.82, 2.24) is 19.5 Å². The first-order valence-corrected chi connectivity index (χ1v) is 18.3. The molecule has 58 heavy (non-hydrogen) atoms. The summed E-state index contributed by atoms with van der Waals surface area (Å²) in [6.45, 7) is 2.01. The Hall–Kier alpha value is -7.07. The first kappa shape index (κ1) is 36.6. The highest BCUT2D eigenvalue weighted by molar-refractivity contribution is 6.10. The maximum Gasteiger partial charge on any atom is 0.416 e. The molecule has 0 amide bonds. The van der Waals surface area contributed by atoms with Gasteiger partial charge in [0, 0.05) is 33.2 Å². The van der Waals surface area contributed by atoms with Gasteiger partial charge >= 0.3 is 12.4 Å². The molecule has 0 fully saturated rings. The standard InChI is InChI=1S/C48H30F6N4/c1-29-16-18-30(19-17-29)33-20-22-39-38-14-8-9-15-42(38)58(43(39)26-33)37-21-23-40(41(28-37)34-24-35(47(49,50)51)27-36(25-34)48(52,53)54)46-56-44(31-10-4-2-5-11-31)55-45(57-46)32-12-6-3-7-13-32/h2-28H,1H3. The van der Waals surface area contributed by atoms with Gasteiger partial charge in [0.15, 0.2) is 17.5 Å². The molecule has 0 N–H and O–H groups in total. The van der Waals surface area contributed by atoms with E-state index in [1.54, 1.807) is 18.2 Å². The van der Waals surface area contributed by atoms with Gasteiger partial charge in [-0.15, -0.1) is 0 Å². The van der Waals surface area contributed by atoms with Gasteiger partial charge < -0.3 is 4.57 Å². The molecule has 2 heterocycles. The van der Waals surface area contributed by atoms with Crippen LogP contribution in [0.4, 0.5) is 26.3 Å². The topological polar surface area (TPSA) is 43.6 Å². The average molecular weight is 777 g/mol. The highest BCUT2D eigenvalue weighted by Gasteiger charge is 2.37. The number of benzene rings is 7. The zero-order valence-electron chi connectivity index (χ0n) is 30.6. The van der Waals surface area contributed by atoms with Crippen molar-refractivity contribution in [3.63, 3.8) is 0 Å². The Kier molecular flexibility index (Phi) is 8.92. The van der Waals surface area contributed by atoms with Crippen LogP contribution >= 0.6 is 0 Å². The van der Waals surface area contributed by atoms with E-state index in [9.17, 15) is 26.3 Å². The highest BCUT2D eigenvalue weighted by atomic mass is 19.4. The predicted molar refractivity (Wildman–Crippen MR) is 216 cm³/mol. The Morgan fingerprint density at radius 1 is 0.397 bits per heavy atom. The second-order valence-electron chi connectivity index (χ2n) is 14.0. The van der Waals surface area contributed by atoms with Gasteiger partial charge in [-0.3, -0.25) is 0 Å². The Morgan fingerprint density at radius 2 is 0.931 bits per heavy atom. The number of hydrogen-bond acceptors (Lipinski definition) is 3. The van der Waals surface area contributed by atoms with E-state index < -0.39 is 23.5 Å². The third kappa shape index (κ3) is 6.87. The third-order valence-corrected chi connectivity index (χ3v) is 10.2. The van der Waals surface area contributed by atoms with Crippen LogP contribution in [0, 0.1) is 6.92 Å². The fourth-order valence-electron chi connectivity index (χ4n) is 7.32. The smallest absolute Gasteiger partial charge is 0.309 e. The summed E-state index contributed by atoms with van der Waals surface area (Å²) < 4.78 is 88.4. The number of alkyl halides is 6. The van der Waals surface area contributed by atoms with Crippen LogP contribution in [-0.2, 0) is 12.4 Å². The summed E-state index contributed by atoms with van der Waals surface area (Å²) >= 11 is 0. The van der Waals surface area contributed by atoms with Crippen molar-refractivity contribution < 1.29 is 26.3 Å². The van der Waals surface area contributed by atoms with Crippen molar-refractivity contribution >= 4 is 21.8 Å². The van der Waals surface area contributed by atoms with Crippen molar-refractivity contribution in [3.05, 3.63) is 180 Å². The third-order valence-electron chi connectivity index (χ3n) is 10.2. The molecule has 0 unspecified atom stereocenters. The zero-order chi connectivity index (χ0) is 40.2. The van der Waals surface area contributed by atoms with Crippen molar-refractivity contribution in [2.24, 2.45) is 0 Å². The molecule has 0 saturated heterocycles. The Morgan fingerprint density at radius 3 is 1.53 bits per heavy atom. The Balaban J connectivity index is 1.35. The fraction of sp³-hybridized carbons (Fsp3) is 0.0625. The van der Waals surface area contributed by atoms with Crippen molar-refractivity contribution in [3.8, 4) is 62.1 Å². The Labute approximate surface area is 328 Å². The van der Waals surface area contributed by atoms with Crippen LogP contribution in [0.2, 0.25) is 0 Å². The maximum atomic E-state index is 14.4. The van der Waals surface area contributed by atoms with Crippen LogP contribution in [0.5, 0.6) is 0 Å². The molecule has 284 valence electrons. The molecule has 7 aromatic carbocycles. The molecular weight excluding hydrogens is 747 g/mol. The number of aryl methyl sites for hydroxylation is 1. The van der Waals surface area contributed by atoms with Crippen LogP contribution < -0.4 is 0 Å². The van der Waals surface area contributed by atoms with Crippen LogP contribution in [0.25, 0.3) is 83.9 Å². The summed E-state index contributed by atoms with van der Waals surface area (Å²) in [4.78, 5) is 14.3. The Bertz CT molecular complexity index is 2880. The van der Waals surface area contributed by atoms with Gasteiger partial charge in [0.2, 0.25) is 0 Å². The molecule has 0 aliphatic rings. The first-order chi connectivity index (χ1) is 27.9. The summed E-state index contributed by atoms with van der Waals surface area (Å²) in [6.07, 6.45) is -10.1. The molecule has 0 spiro atoms. The lowest BCUT2D eigenvalue weighted by molar-refractivity contribution is -0.143. The molecule has 0 aliphatic heterocycles. The van der Waals surface area contributed by atoms with Gasteiger partial charge in [-0.1, -0.05) is 121 Å². The summed E-state index contributed by atoms with van der Waals surface area (Å²) in [5, 5.41) is 1.85. The summed E-state index contributed by atoms with van der Waals surface area (Å²) in [5.74, 6) is 0.639. The lowest BCUT2D eigenvalue weighted by Gasteiger charge is -2.18. The molecule has 9 rings (SSSR count). The van der Waals surface area contributed by atoms with Gasteiger partial charge in [-0.25, -0.2) is 15.0 Å². The average Bonchev–Trinajstić information content (AvgIpc) is 3.57. The number of hydrogen-bond donors (Lipinski definition) is 0. The van der Waals surface area contributed by atoms with E-state index in [0.717, 1.165) is 50.6 Å². The van der Waals surface area contributed by atoms with Gasteiger partial charge in [-0.2, -0.15) is 26.3 Å². The number of rotatable bonds is 6. The molecule has 0 atom stereocenters. The van der Waals surface area contributed by atoms with Gasteiger partial charge in [0.25, 0.3) is 0 Å². The molecule has 4 nitrogen and oxygen atoms in total. The number of para-hydroxylation sites is 1. The lowest BCUT2D eigenvalue weighted by Crippen LogP contribution is -2.11. The van der Waals surface area contributed by atoms with Crippen LogP contribution in [0.3, 0.4) is 0 Å². The largest absolute Gasteiger partial charge is 0.416 e. The van der Waals surface area contributed by atoms with Crippen LogP contribution in [0.1, 0.15) is 16.7 Å². The molecule has 9 aromatic rings. The lowest BCUT2D eigenvalue weighted by atomic mass is 9.94. The zero-order valence-corrected chi connectivity index (χ0v) is 30.6. The SMILES string of the molecule is Cc1ccc(-c2ccc3c4ccccc4n(-c4ccc(-c5nc(-c6ccccc6)nc(-c6ccccc6)n5)c(-c5cc(C(F)(F)F)cc(C(F)(F)F)c5)c4)c3c2)cc1. The van der Waals surface area contributed by atoms with E-state index in [0.29, 0.717) is 16.8 Å². The molecule has 0 radical (unpaired) electrons. The summed E-state index contributed by atoms with van der Waals surface area (Å²) in [7, 11) is 0. The molecule has 0 bridgehead atoms. The highest BCUT2D eigenvalue weighted by Crippen LogP contribution is 2.43. The normalized spacial score (nSPS) is 12.1. The van der Waals surface area contributed by atoms with Crippen molar-refractivity contribution in [2.75, 3.05) is 0 Å². The fourth-order valence-corrected chi connectivity index (χ4v) is 7.32.